The summed E-state index contributed by atoms with van der Waals surface area (Å²) < 4.78 is 0. The summed E-state index contributed by atoms with van der Waals surface area (Å²) in [5.41, 5.74) is 7.50. The SMILES string of the molecule is CC(=O)c1c(C)[nH]c(/C=C(\C=O)c2cc(-c3csc(C)n3)ccc2C)c1C. The maximum Gasteiger partial charge on any atom is 0.161 e. The molecule has 5 heteroatoms. The summed E-state index contributed by atoms with van der Waals surface area (Å²) in [5, 5.41) is 3.03. The Balaban J connectivity index is 2.11. The first kappa shape index (κ1) is 19.0. The van der Waals surface area contributed by atoms with Gasteiger partial charge in [0.1, 0.15) is 0 Å². The highest BCUT2D eigenvalue weighted by Crippen LogP contribution is 2.29. The van der Waals surface area contributed by atoms with Crippen LogP contribution in [0.25, 0.3) is 22.9 Å². The molecule has 0 atom stereocenters. The molecule has 2 heterocycles. The Morgan fingerprint density at radius 2 is 1.93 bits per heavy atom. The Labute approximate surface area is 163 Å². The molecule has 0 aliphatic carbocycles. The van der Waals surface area contributed by atoms with Crippen LogP contribution in [-0.2, 0) is 4.79 Å². The molecule has 2 aromatic heterocycles. The predicted molar refractivity (Wildman–Crippen MR) is 111 cm³/mol. The molecular weight excluding hydrogens is 356 g/mol. The molecule has 0 saturated heterocycles. The van der Waals surface area contributed by atoms with Crippen LogP contribution in [0, 0.1) is 27.7 Å². The molecule has 0 unspecified atom stereocenters. The summed E-state index contributed by atoms with van der Waals surface area (Å²) in [5.74, 6) is 0.0191. The van der Waals surface area contributed by atoms with E-state index in [-0.39, 0.29) is 5.78 Å². The van der Waals surface area contributed by atoms with Crippen molar-refractivity contribution in [3.05, 3.63) is 62.2 Å². The number of aromatic nitrogens is 2. The number of aldehydes is 1. The van der Waals surface area contributed by atoms with E-state index in [1.54, 1.807) is 18.3 Å². The van der Waals surface area contributed by atoms with Crippen molar-refractivity contribution < 1.29 is 9.59 Å². The fraction of sp³-hybridized carbons (Fsp3) is 0.227. The number of thiazole rings is 1. The van der Waals surface area contributed by atoms with Gasteiger partial charge in [-0.25, -0.2) is 4.98 Å². The van der Waals surface area contributed by atoms with Crippen LogP contribution in [0.2, 0.25) is 0 Å². The van der Waals surface area contributed by atoms with Crippen molar-refractivity contribution in [1.82, 2.24) is 9.97 Å². The Hall–Kier alpha value is -2.79. The molecular formula is C22H22N2O2S. The summed E-state index contributed by atoms with van der Waals surface area (Å²) in [6.07, 6.45) is 2.68. The maximum atomic E-state index is 11.9. The van der Waals surface area contributed by atoms with E-state index in [2.05, 4.69) is 9.97 Å². The minimum Gasteiger partial charge on any atom is -0.358 e. The largest absolute Gasteiger partial charge is 0.358 e. The van der Waals surface area contributed by atoms with E-state index in [9.17, 15) is 9.59 Å². The van der Waals surface area contributed by atoms with Crippen molar-refractivity contribution in [3.63, 3.8) is 0 Å². The highest BCUT2D eigenvalue weighted by atomic mass is 32.1. The van der Waals surface area contributed by atoms with E-state index in [1.807, 2.05) is 57.4 Å². The molecule has 27 heavy (non-hydrogen) atoms. The first-order valence-corrected chi connectivity index (χ1v) is 9.60. The van der Waals surface area contributed by atoms with Gasteiger partial charge in [-0.3, -0.25) is 9.59 Å². The van der Waals surface area contributed by atoms with Gasteiger partial charge < -0.3 is 4.98 Å². The molecule has 0 spiro atoms. The fourth-order valence-corrected chi connectivity index (χ4v) is 3.99. The summed E-state index contributed by atoms with van der Waals surface area (Å²) >= 11 is 1.60. The lowest BCUT2D eigenvalue weighted by Crippen LogP contribution is -1.95. The summed E-state index contributed by atoms with van der Waals surface area (Å²) in [6.45, 7) is 9.29. The zero-order chi connectivity index (χ0) is 19.7. The van der Waals surface area contributed by atoms with E-state index in [4.69, 9.17) is 0 Å². The lowest BCUT2D eigenvalue weighted by Gasteiger charge is -2.08. The standard InChI is InChI=1S/C22H22N2O2S/c1-12-6-7-17(21-11-27-16(5)24-21)8-19(12)18(10-25)9-20-13(2)22(15(4)26)14(3)23-20/h6-11,23H,1-5H3/b18-9+. The van der Waals surface area contributed by atoms with Gasteiger partial charge in [0.05, 0.1) is 10.7 Å². The molecule has 0 bridgehead atoms. The van der Waals surface area contributed by atoms with Crippen LogP contribution < -0.4 is 0 Å². The van der Waals surface area contributed by atoms with Gasteiger partial charge in [-0.15, -0.1) is 11.3 Å². The van der Waals surface area contributed by atoms with Gasteiger partial charge in [0, 0.05) is 33.5 Å². The number of carbonyl (C=O) groups excluding carboxylic acids is 2. The monoisotopic (exact) mass is 378 g/mol. The van der Waals surface area contributed by atoms with E-state index in [1.165, 1.54) is 0 Å². The number of hydrogen-bond donors (Lipinski definition) is 1. The summed E-state index contributed by atoms with van der Waals surface area (Å²) in [7, 11) is 0. The summed E-state index contributed by atoms with van der Waals surface area (Å²) in [6, 6.07) is 6.03. The minimum atomic E-state index is 0.0191. The number of aromatic amines is 1. The number of H-pyrrole nitrogens is 1. The number of allylic oxidation sites excluding steroid dienone is 1. The van der Waals surface area contributed by atoms with Crippen molar-refractivity contribution in [2.75, 3.05) is 0 Å². The second-order valence-corrected chi connectivity index (χ2v) is 7.78. The van der Waals surface area contributed by atoms with Gasteiger partial charge in [-0.2, -0.15) is 0 Å². The van der Waals surface area contributed by atoms with E-state index in [0.717, 1.165) is 50.6 Å². The molecule has 0 fully saturated rings. The highest BCUT2D eigenvalue weighted by Gasteiger charge is 2.15. The molecule has 3 aromatic rings. The second kappa shape index (κ2) is 7.45. The number of benzene rings is 1. The number of Topliss-reactive ketones (excluding diaryl/α,β-unsaturated/α-hetero) is 1. The quantitative estimate of drug-likeness (QED) is 0.371. The second-order valence-electron chi connectivity index (χ2n) is 6.72. The number of rotatable bonds is 5. The molecule has 0 radical (unpaired) electrons. The number of nitrogens with zero attached hydrogens (tertiary/aromatic N) is 1. The zero-order valence-corrected chi connectivity index (χ0v) is 17.0. The average molecular weight is 378 g/mol. The van der Waals surface area contributed by atoms with Gasteiger partial charge in [-0.1, -0.05) is 12.1 Å². The smallest absolute Gasteiger partial charge is 0.161 e. The van der Waals surface area contributed by atoms with Crippen LogP contribution >= 0.6 is 11.3 Å². The normalized spacial score (nSPS) is 11.7. The van der Waals surface area contributed by atoms with Gasteiger partial charge in [-0.05, 0) is 63.5 Å². The third-order valence-electron chi connectivity index (χ3n) is 4.72. The van der Waals surface area contributed by atoms with Crippen LogP contribution in [-0.4, -0.2) is 22.0 Å². The van der Waals surface area contributed by atoms with Crippen molar-refractivity contribution in [2.45, 2.75) is 34.6 Å². The molecule has 3 rings (SSSR count). The molecule has 0 amide bonds. The maximum absolute atomic E-state index is 11.9. The van der Waals surface area contributed by atoms with Crippen LogP contribution in [0.3, 0.4) is 0 Å². The number of nitrogens with one attached hydrogen (secondary N) is 1. The lowest BCUT2D eigenvalue weighted by atomic mass is 9.96. The van der Waals surface area contributed by atoms with E-state index in [0.29, 0.717) is 11.1 Å². The average Bonchev–Trinajstić information content (AvgIpc) is 3.16. The molecule has 1 N–H and O–H groups in total. The Morgan fingerprint density at radius 1 is 1.19 bits per heavy atom. The zero-order valence-electron chi connectivity index (χ0n) is 16.1. The third kappa shape index (κ3) is 3.69. The molecule has 138 valence electrons. The first-order valence-electron chi connectivity index (χ1n) is 8.72. The van der Waals surface area contributed by atoms with Crippen LogP contribution in [0.5, 0.6) is 0 Å². The van der Waals surface area contributed by atoms with Gasteiger partial charge >= 0.3 is 0 Å². The van der Waals surface area contributed by atoms with Gasteiger partial charge in [0.15, 0.2) is 12.1 Å². The van der Waals surface area contributed by atoms with Crippen molar-refractivity contribution >= 4 is 35.1 Å². The minimum absolute atomic E-state index is 0.0191. The molecule has 0 aliphatic rings. The number of ketones is 1. The highest BCUT2D eigenvalue weighted by molar-refractivity contribution is 7.09. The number of carbonyl (C=O) groups is 2. The Morgan fingerprint density at radius 3 is 2.48 bits per heavy atom. The Kier molecular flexibility index (Phi) is 5.24. The first-order chi connectivity index (χ1) is 12.8. The molecule has 4 nitrogen and oxygen atoms in total. The molecule has 0 aliphatic heterocycles. The predicted octanol–water partition coefficient (Wildman–Crippen LogP) is 5.31. The molecule has 1 aromatic carbocycles. The van der Waals surface area contributed by atoms with Crippen molar-refractivity contribution in [3.8, 4) is 11.3 Å². The number of aryl methyl sites for hydroxylation is 3. The van der Waals surface area contributed by atoms with Crippen LogP contribution in [0.1, 0.15) is 50.4 Å². The Bertz CT molecular complexity index is 1070. The fourth-order valence-electron chi connectivity index (χ4n) is 3.37. The van der Waals surface area contributed by atoms with E-state index >= 15 is 0 Å². The van der Waals surface area contributed by atoms with E-state index < -0.39 is 0 Å². The number of hydrogen-bond acceptors (Lipinski definition) is 4. The lowest BCUT2D eigenvalue weighted by molar-refractivity contribution is -0.103. The van der Waals surface area contributed by atoms with Gasteiger partial charge in [0.25, 0.3) is 0 Å². The van der Waals surface area contributed by atoms with Crippen LogP contribution in [0.15, 0.2) is 23.6 Å². The van der Waals surface area contributed by atoms with Crippen LogP contribution in [0.4, 0.5) is 0 Å². The summed E-state index contributed by atoms with van der Waals surface area (Å²) in [4.78, 5) is 31.5. The topological polar surface area (TPSA) is 62.8 Å². The van der Waals surface area contributed by atoms with Gasteiger partial charge in [0.2, 0.25) is 0 Å². The third-order valence-corrected chi connectivity index (χ3v) is 5.49. The van der Waals surface area contributed by atoms with Crippen molar-refractivity contribution in [1.29, 1.82) is 0 Å². The van der Waals surface area contributed by atoms with Crippen molar-refractivity contribution in [2.24, 2.45) is 0 Å². The molecule has 0 saturated carbocycles.